The van der Waals surface area contributed by atoms with Gasteiger partial charge in [0, 0.05) is 6.42 Å². The number of aryl methyl sites for hydroxylation is 1. The van der Waals surface area contributed by atoms with Crippen molar-refractivity contribution >= 4 is 15.7 Å². The Bertz CT molecular complexity index is 272. The summed E-state index contributed by atoms with van der Waals surface area (Å²) in [6.45, 7) is 2.05. The van der Waals surface area contributed by atoms with Gasteiger partial charge >= 0.3 is 0 Å². The first-order valence-corrected chi connectivity index (χ1v) is 6.60. The summed E-state index contributed by atoms with van der Waals surface area (Å²) in [6, 6.07) is 11.0. The van der Waals surface area contributed by atoms with Crippen molar-refractivity contribution in [2.45, 2.75) is 25.8 Å². The van der Waals surface area contributed by atoms with E-state index in [1.807, 2.05) is 30.3 Å². The minimum Gasteiger partial charge on any atom is -0.525 e. The third-order valence-corrected chi connectivity index (χ3v) is 2.86. The minimum atomic E-state index is -0.575. The topological polar surface area (TPSA) is 26.3 Å². The van der Waals surface area contributed by atoms with Crippen molar-refractivity contribution in [3.63, 3.8) is 0 Å². The van der Waals surface area contributed by atoms with E-state index >= 15 is 0 Å². The van der Waals surface area contributed by atoms with Crippen molar-refractivity contribution in [1.29, 1.82) is 0 Å². The van der Waals surface area contributed by atoms with E-state index in [2.05, 4.69) is 6.92 Å². The lowest BCUT2D eigenvalue weighted by molar-refractivity contribution is -0.134. The number of rotatable bonds is 5. The molecule has 0 aromatic heterocycles. The van der Waals surface area contributed by atoms with E-state index in [0.29, 0.717) is 6.42 Å². The summed E-state index contributed by atoms with van der Waals surface area (Å²) in [6.07, 6.45) is 1.30. The van der Waals surface area contributed by atoms with Crippen molar-refractivity contribution in [2.75, 3.05) is 0 Å². The predicted molar refractivity (Wildman–Crippen MR) is 59.9 cm³/mol. The highest BCUT2D eigenvalue weighted by Gasteiger charge is 2.01. The number of carbonyl (C=O) groups is 1. The Kier molecular flexibility index (Phi) is 5.00. The van der Waals surface area contributed by atoms with Gasteiger partial charge in [-0.05, 0) is 18.0 Å². The Morgan fingerprint density at radius 2 is 2.07 bits per heavy atom. The SMILES string of the molecule is CC[SiH2]OC(=O)CCc1ccccc1. The Labute approximate surface area is 87.2 Å². The zero-order valence-electron chi connectivity index (χ0n) is 8.53. The summed E-state index contributed by atoms with van der Waals surface area (Å²) in [7, 11) is -0.575. The van der Waals surface area contributed by atoms with E-state index in [9.17, 15) is 4.79 Å². The van der Waals surface area contributed by atoms with Crippen molar-refractivity contribution in [3.8, 4) is 0 Å². The van der Waals surface area contributed by atoms with Gasteiger partial charge in [-0.2, -0.15) is 0 Å². The molecule has 0 saturated carbocycles. The molecule has 2 nitrogen and oxygen atoms in total. The summed E-state index contributed by atoms with van der Waals surface area (Å²) >= 11 is 0. The highest BCUT2D eigenvalue weighted by atomic mass is 28.2. The first-order chi connectivity index (χ1) is 6.83. The highest BCUT2D eigenvalue weighted by molar-refractivity contribution is 6.30. The van der Waals surface area contributed by atoms with Crippen LogP contribution in [0.15, 0.2) is 30.3 Å². The molecule has 0 saturated heterocycles. The van der Waals surface area contributed by atoms with Crippen molar-refractivity contribution in [1.82, 2.24) is 0 Å². The molecule has 0 aliphatic carbocycles. The third-order valence-electron chi connectivity index (χ3n) is 1.93. The standard InChI is InChI=1S/C11H16O2Si/c1-2-14-13-11(12)9-8-10-6-4-3-5-7-10/h3-7H,2,8-9,14H2,1H3. The van der Waals surface area contributed by atoms with Crippen LogP contribution in [0, 0.1) is 0 Å². The van der Waals surface area contributed by atoms with Crippen molar-refractivity contribution in [2.24, 2.45) is 0 Å². The molecular weight excluding hydrogens is 192 g/mol. The van der Waals surface area contributed by atoms with Gasteiger partial charge in [0.25, 0.3) is 5.97 Å². The largest absolute Gasteiger partial charge is 0.525 e. The van der Waals surface area contributed by atoms with Crippen LogP contribution in [0.25, 0.3) is 0 Å². The zero-order valence-corrected chi connectivity index (χ0v) is 9.95. The number of benzene rings is 1. The van der Waals surface area contributed by atoms with E-state index < -0.39 is 9.76 Å². The van der Waals surface area contributed by atoms with Crippen molar-refractivity contribution in [3.05, 3.63) is 35.9 Å². The van der Waals surface area contributed by atoms with Crippen LogP contribution >= 0.6 is 0 Å². The fraction of sp³-hybridized carbons (Fsp3) is 0.364. The maximum atomic E-state index is 11.2. The molecular formula is C11H16O2Si. The second kappa shape index (κ2) is 6.37. The third kappa shape index (κ3) is 4.23. The lowest BCUT2D eigenvalue weighted by Gasteiger charge is -2.03. The number of hydrogen-bond donors (Lipinski definition) is 0. The molecule has 1 aromatic rings. The summed E-state index contributed by atoms with van der Waals surface area (Å²) in [5, 5.41) is 0. The number of carbonyl (C=O) groups excluding carboxylic acids is 1. The van der Waals surface area contributed by atoms with Crippen LogP contribution < -0.4 is 0 Å². The van der Waals surface area contributed by atoms with Gasteiger partial charge in [-0.25, -0.2) is 0 Å². The van der Waals surface area contributed by atoms with Crippen LogP contribution in [-0.2, 0) is 15.6 Å². The van der Waals surface area contributed by atoms with Crippen LogP contribution in [-0.4, -0.2) is 15.7 Å². The molecule has 0 spiro atoms. The quantitative estimate of drug-likeness (QED) is 0.688. The van der Waals surface area contributed by atoms with E-state index in [1.165, 1.54) is 5.56 Å². The summed E-state index contributed by atoms with van der Waals surface area (Å²) in [5.74, 6) is -0.0395. The molecule has 0 aliphatic rings. The molecule has 0 fully saturated rings. The molecule has 14 heavy (non-hydrogen) atoms. The molecule has 0 radical (unpaired) electrons. The molecule has 0 amide bonds. The molecule has 1 aromatic carbocycles. The lowest BCUT2D eigenvalue weighted by Crippen LogP contribution is -2.08. The zero-order chi connectivity index (χ0) is 10.2. The molecule has 0 heterocycles. The average molecular weight is 208 g/mol. The minimum absolute atomic E-state index is 0.0395. The molecule has 76 valence electrons. The molecule has 0 aliphatic heterocycles. The Hall–Kier alpha value is -1.09. The summed E-state index contributed by atoms with van der Waals surface area (Å²) in [4.78, 5) is 11.2. The molecule has 3 heteroatoms. The Balaban J connectivity index is 2.24. The van der Waals surface area contributed by atoms with Gasteiger partial charge in [-0.15, -0.1) is 0 Å². The van der Waals surface area contributed by atoms with E-state index in [1.54, 1.807) is 0 Å². The Morgan fingerprint density at radius 3 is 2.71 bits per heavy atom. The average Bonchev–Trinajstić information content (AvgIpc) is 2.25. The summed E-state index contributed by atoms with van der Waals surface area (Å²) in [5.41, 5.74) is 1.20. The normalized spacial score (nSPS) is 10.6. The monoisotopic (exact) mass is 208 g/mol. The fourth-order valence-electron chi connectivity index (χ4n) is 1.18. The first-order valence-electron chi connectivity index (χ1n) is 5.02. The van der Waals surface area contributed by atoms with Gasteiger partial charge in [-0.3, -0.25) is 4.79 Å². The van der Waals surface area contributed by atoms with Crippen LogP contribution in [0.5, 0.6) is 0 Å². The van der Waals surface area contributed by atoms with Gasteiger partial charge in [0.2, 0.25) is 9.76 Å². The van der Waals surface area contributed by atoms with Gasteiger partial charge in [0.1, 0.15) is 0 Å². The molecule has 1 rings (SSSR count). The van der Waals surface area contributed by atoms with E-state index in [0.717, 1.165) is 12.5 Å². The van der Waals surface area contributed by atoms with Crippen LogP contribution in [0.2, 0.25) is 6.04 Å². The lowest BCUT2D eigenvalue weighted by atomic mass is 10.1. The van der Waals surface area contributed by atoms with Gasteiger partial charge in [0.15, 0.2) is 0 Å². The second-order valence-corrected chi connectivity index (χ2v) is 4.90. The van der Waals surface area contributed by atoms with Crippen LogP contribution in [0.1, 0.15) is 18.9 Å². The van der Waals surface area contributed by atoms with Crippen LogP contribution in [0.3, 0.4) is 0 Å². The molecule has 0 atom stereocenters. The fourth-order valence-corrected chi connectivity index (χ4v) is 1.76. The Morgan fingerprint density at radius 1 is 1.36 bits per heavy atom. The van der Waals surface area contributed by atoms with Crippen molar-refractivity contribution < 1.29 is 9.22 Å². The second-order valence-electron chi connectivity index (χ2n) is 3.21. The van der Waals surface area contributed by atoms with Gasteiger partial charge in [-0.1, -0.05) is 37.3 Å². The predicted octanol–water partition coefficient (Wildman–Crippen LogP) is 1.68. The maximum absolute atomic E-state index is 11.2. The van der Waals surface area contributed by atoms with Gasteiger partial charge < -0.3 is 4.43 Å². The maximum Gasteiger partial charge on any atom is 0.292 e. The number of hydrogen-bond acceptors (Lipinski definition) is 2. The van der Waals surface area contributed by atoms with Gasteiger partial charge in [0.05, 0.1) is 0 Å². The van der Waals surface area contributed by atoms with E-state index in [-0.39, 0.29) is 5.97 Å². The summed E-state index contributed by atoms with van der Waals surface area (Å²) < 4.78 is 5.11. The molecule has 0 unspecified atom stereocenters. The highest BCUT2D eigenvalue weighted by Crippen LogP contribution is 2.02. The first kappa shape index (κ1) is 11.0. The molecule has 0 bridgehead atoms. The van der Waals surface area contributed by atoms with E-state index in [4.69, 9.17) is 4.43 Å². The smallest absolute Gasteiger partial charge is 0.292 e. The van der Waals surface area contributed by atoms with Crippen LogP contribution in [0.4, 0.5) is 0 Å². The molecule has 0 N–H and O–H groups in total.